The number of fused-ring (bicyclic) bond motifs is 1. The van der Waals surface area contributed by atoms with Crippen LogP contribution in [-0.4, -0.2) is 46.7 Å². The summed E-state index contributed by atoms with van der Waals surface area (Å²) in [7, 11) is 0. The molecule has 0 bridgehead atoms. The van der Waals surface area contributed by atoms with Crippen molar-refractivity contribution < 1.29 is 27.5 Å². The topological polar surface area (TPSA) is 95.4 Å². The normalized spacial score (nSPS) is 20.1. The van der Waals surface area contributed by atoms with E-state index in [0.717, 1.165) is 6.21 Å². The van der Waals surface area contributed by atoms with Gasteiger partial charge >= 0.3 is 6.18 Å². The van der Waals surface area contributed by atoms with Gasteiger partial charge in [0.25, 0.3) is 5.91 Å². The molecule has 0 spiro atoms. The van der Waals surface area contributed by atoms with E-state index in [9.17, 15) is 22.8 Å². The molecule has 0 fully saturated rings. The van der Waals surface area contributed by atoms with Gasteiger partial charge in [-0.25, -0.2) is 4.98 Å². The van der Waals surface area contributed by atoms with Gasteiger partial charge in [-0.1, -0.05) is 32.4 Å². The number of amides is 2. The van der Waals surface area contributed by atoms with Gasteiger partial charge in [0.2, 0.25) is 5.91 Å². The summed E-state index contributed by atoms with van der Waals surface area (Å²) in [5.74, 6) is -1.63. The predicted molar refractivity (Wildman–Crippen MR) is 112 cm³/mol. The van der Waals surface area contributed by atoms with Crippen molar-refractivity contribution in [2.75, 3.05) is 11.9 Å². The Morgan fingerprint density at radius 2 is 2.09 bits per heavy atom. The molecule has 3 atom stereocenters. The van der Waals surface area contributed by atoms with Gasteiger partial charge in [0, 0.05) is 40.9 Å². The highest BCUT2D eigenvalue weighted by molar-refractivity contribution is 6.33. The summed E-state index contributed by atoms with van der Waals surface area (Å²) in [4.78, 5) is 31.1. The number of aromatic nitrogens is 1. The molecule has 1 aliphatic heterocycles. The third-order valence-electron chi connectivity index (χ3n) is 5.51. The smallest absolute Gasteiger partial charge is 0.422 e. The average Bonchev–Trinajstić information content (AvgIpc) is 3.18. The van der Waals surface area contributed by atoms with Crippen LogP contribution in [0.1, 0.15) is 43.6 Å². The maximum atomic E-state index is 13.0. The number of hydrogen-bond acceptors (Lipinski definition) is 5. The van der Waals surface area contributed by atoms with Crippen LogP contribution >= 0.6 is 11.6 Å². The highest BCUT2D eigenvalue weighted by atomic mass is 35.5. The van der Waals surface area contributed by atoms with Crippen LogP contribution < -0.4 is 5.32 Å². The Hall–Kier alpha value is -2.62. The second kappa shape index (κ2) is 8.38. The van der Waals surface area contributed by atoms with E-state index in [1.165, 1.54) is 11.1 Å². The van der Waals surface area contributed by atoms with E-state index in [1.54, 1.807) is 33.8 Å². The molecule has 1 aromatic heterocycles. The molecule has 2 heterocycles. The Labute approximate surface area is 188 Å². The first-order valence-electron chi connectivity index (χ1n) is 9.96. The highest BCUT2D eigenvalue weighted by Gasteiger charge is 2.49. The number of nitrogens with one attached hydrogen (secondary N) is 2. The third kappa shape index (κ3) is 4.74. The number of carbonyl (C=O) groups excluding carboxylic acids is 2. The highest BCUT2D eigenvalue weighted by Crippen LogP contribution is 2.50. The van der Waals surface area contributed by atoms with Gasteiger partial charge in [-0.05, 0) is 13.0 Å². The van der Waals surface area contributed by atoms with Crippen molar-refractivity contribution in [2.24, 2.45) is 17.3 Å². The average molecular weight is 473 g/mol. The molecular weight excluding hydrogens is 449 g/mol. The van der Waals surface area contributed by atoms with Crippen molar-refractivity contribution in [1.29, 1.82) is 5.41 Å². The molecule has 0 radical (unpaired) electrons. The number of rotatable bonds is 7. The molecular formula is C21H24ClF3N4O3. The van der Waals surface area contributed by atoms with Crippen molar-refractivity contribution in [3.8, 4) is 0 Å². The fourth-order valence-corrected chi connectivity index (χ4v) is 3.92. The second-order valence-electron chi connectivity index (χ2n) is 8.90. The number of hydrogen-bond donors (Lipinski definition) is 2. The number of carbonyl (C=O) groups is 2. The minimum Gasteiger partial charge on any atom is -0.487 e. The summed E-state index contributed by atoms with van der Waals surface area (Å²) in [6.07, 6.45) is -2.01. The maximum absolute atomic E-state index is 13.0. The maximum Gasteiger partial charge on any atom is 0.422 e. The lowest BCUT2D eigenvalue weighted by molar-refractivity contribution is -0.164. The number of nitrogens with zero attached hydrogens (tertiary/aromatic N) is 2. The fourth-order valence-electron chi connectivity index (χ4n) is 3.56. The molecule has 174 valence electrons. The number of anilines is 1. The Morgan fingerprint density at radius 1 is 1.44 bits per heavy atom. The zero-order valence-corrected chi connectivity index (χ0v) is 18.8. The van der Waals surface area contributed by atoms with Gasteiger partial charge in [0.05, 0.1) is 17.5 Å². The summed E-state index contributed by atoms with van der Waals surface area (Å²) in [5, 5.41) is 10.7. The number of alkyl halides is 3. The molecule has 0 aromatic carbocycles. The van der Waals surface area contributed by atoms with Crippen molar-refractivity contribution in [2.45, 2.75) is 46.5 Å². The van der Waals surface area contributed by atoms with Crippen LogP contribution in [0.25, 0.3) is 0 Å². The van der Waals surface area contributed by atoms with E-state index in [2.05, 4.69) is 10.3 Å². The molecule has 0 saturated heterocycles. The molecule has 7 nitrogen and oxygen atoms in total. The molecule has 1 aromatic rings. The first-order valence-corrected chi connectivity index (χ1v) is 10.3. The minimum absolute atomic E-state index is 0.00621. The van der Waals surface area contributed by atoms with Crippen LogP contribution in [0.3, 0.4) is 0 Å². The SMILES string of the molecule is CC(C(C=N)C1C(Cl)=C1OCC(F)(F)F)N1Cc2c(ccnc2NC(=O)C(C)(C)C)C1=O. The first-order chi connectivity index (χ1) is 14.8. The summed E-state index contributed by atoms with van der Waals surface area (Å²) in [6.45, 7) is 5.63. The van der Waals surface area contributed by atoms with Crippen molar-refractivity contribution >= 4 is 35.4 Å². The number of halogens is 4. The van der Waals surface area contributed by atoms with Crippen molar-refractivity contribution in [3.63, 3.8) is 0 Å². The van der Waals surface area contributed by atoms with Crippen LogP contribution in [0.15, 0.2) is 23.1 Å². The molecule has 11 heteroatoms. The zero-order chi connectivity index (χ0) is 24.0. The number of allylic oxidation sites excluding steroid dienone is 2. The Morgan fingerprint density at radius 3 is 2.66 bits per heavy atom. The number of pyridine rings is 1. The molecule has 32 heavy (non-hydrogen) atoms. The van der Waals surface area contributed by atoms with Gasteiger partial charge in [0.15, 0.2) is 6.61 Å². The van der Waals surface area contributed by atoms with E-state index in [1.807, 2.05) is 0 Å². The summed E-state index contributed by atoms with van der Waals surface area (Å²) >= 11 is 6.04. The van der Waals surface area contributed by atoms with E-state index >= 15 is 0 Å². The summed E-state index contributed by atoms with van der Waals surface area (Å²) in [5.41, 5.74) is 0.268. The van der Waals surface area contributed by atoms with Crippen LogP contribution in [0.5, 0.6) is 0 Å². The molecule has 2 amide bonds. The largest absolute Gasteiger partial charge is 0.487 e. The lowest BCUT2D eigenvalue weighted by Gasteiger charge is -2.30. The Kier molecular flexibility index (Phi) is 6.29. The standard InChI is InChI=1S/C21H24ClF3N4O3/c1-10(12(7-26)14-15(22)16(14)32-9-21(23,24)25)29-8-13-11(18(29)30)5-6-27-17(13)28-19(31)20(2,3)4/h5-7,10,12,14,26H,8-9H2,1-4H3,(H,27,28,31). The van der Waals surface area contributed by atoms with E-state index in [-0.39, 0.29) is 35.0 Å². The number of ether oxygens (including phenoxy) is 1. The van der Waals surface area contributed by atoms with Crippen molar-refractivity contribution in [1.82, 2.24) is 9.88 Å². The molecule has 2 N–H and O–H groups in total. The molecule has 2 aliphatic rings. The van der Waals surface area contributed by atoms with Crippen LogP contribution in [0, 0.1) is 22.7 Å². The van der Waals surface area contributed by atoms with Gasteiger partial charge < -0.3 is 20.4 Å². The Bertz CT molecular complexity index is 987. The lowest BCUT2D eigenvalue weighted by atomic mass is 9.94. The third-order valence-corrected chi connectivity index (χ3v) is 5.93. The zero-order valence-electron chi connectivity index (χ0n) is 18.0. The van der Waals surface area contributed by atoms with Gasteiger partial charge in [-0.15, -0.1) is 0 Å². The quantitative estimate of drug-likeness (QED) is 0.577. The Balaban J connectivity index is 1.75. The van der Waals surface area contributed by atoms with Gasteiger partial charge in [0.1, 0.15) is 11.6 Å². The predicted octanol–water partition coefficient (Wildman–Crippen LogP) is 4.34. The minimum atomic E-state index is -4.50. The lowest BCUT2D eigenvalue weighted by Crippen LogP contribution is -2.40. The van der Waals surface area contributed by atoms with Crippen LogP contribution in [0.4, 0.5) is 19.0 Å². The van der Waals surface area contributed by atoms with Crippen LogP contribution in [0.2, 0.25) is 0 Å². The summed E-state index contributed by atoms with van der Waals surface area (Å²) < 4.78 is 42.2. The molecule has 3 rings (SSSR count). The van der Waals surface area contributed by atoms with E-state index in [4.69, 9.17) is 21.7 Å². The van der Waals surface area contributed by atoms with E-state index < -0.39 is 36.1 Å². The first kappa shape index (κ1) is 24.0. The van der Waals surface area contributed by atoms with Crippen LogP contribution in [-0.2, 0) is 16.1 Å². The fraction of sp³-hybridized carbons (Fsp3) is 0.524. The van der Waals surface area contributed by atoms with Gasteiger partial charge in [-0.3, -0.25) is 9.59 Å². The van der Waals surface area contributed by atoms with E-state index in [0.29, 0.717) is 11.1 Å². The van der Waals surface area contributed by atoms with Crippen molar-refractivity contribution in [3.05, 3.63) is 34.2 Å². The second-order valence-corrected chi connectivity index (χ2v) is 9.31. The monoisotopic (exact) mass is 472 g/mol. The summed E-state index contributed by atoms with van der Waals surface area (Å²) in [6, 6.07) is 0.987. The van der Waals surface area contributed by atoms with Gasteiger partial charge in [-0.2, -0.15) is 13.2 Å². The molecule has 3 unspecified atom stereocenters. The molecule has 0 saturated carbocycles. The molecule has 1 aliphatic carbocycles.